The number of primary sulfonamides is 1. The van der Waals surface area contributed by atoms with Gasteiger partial charge in [0, 0.05) is 13.1 Å². The maximum absolute atomic E-state index is 12.2. The van der Waals surface area contributed by atoms with E-state index in [-0.39, 0.29) is 16.8 Å². The number of carbonyl (C=O) groups excluding carboxylic acids is 1. The van der Waals surface area contributed by atoms with Crippen LogP contribution in [0, 0.1) is 0 Å². The van der Waals surface area contributed by atoms with E-state index >= 15 is 0 Å². The number of nitrogens with two attached hydrogens (primary N) is 1. The summed E-state index contributed by atoms with van der Waals surface area (Å²) in [4.78, 5) is 14.1. The van der Waals surface area contributed by atoms with Gasteiger partial charge in [0.1, 0.15) is 0 Å². The van der Waals surface area contributed by atoms with Gasteiger partial charge in [-0.05, 0) is 37.6 Å². The van der Waals surface area contributed by atoms with E-state index in [0.717, 1.165) is 5.56 Å². The van der Waals surface area contributed by atoms with Crippen molar-refractivity contribution in [1.29, 1.82) is 0 Å². The molecule has 0 aliphatic carbocycles. The summed E-state index contributed by atoms with van der Waals surface area (Å²) < 4.78 is 27.6. The molecule has 1 amide bonds. The Bertz CT molecular complexity index is 625. The van der Waals surface area contributed by atoms with Gasteiger partial charge in [0.05, 0.1) is 24.2 Å². The van der Waals surface area contributed by atoms with E-state index in [0.29, 0.717) is 39.3 Å². The number of morpholine rings is 1. The summed E-state index contributed by atoms with van der Waals surface area (Å²) in [6, 6.07) is 6.20. The number of sulfonamides is 1. The Kier molecular flexibility index (Phi) is 6.11. The number of nitrogens with one attached hydrogen (secondary N) is 1. The smallest absolute Gasteiger partial charge is 0.239 e. The zero-order chi connectivity index (χ0) is 16.9. The average molecular weight is 341 g/mol. The van der Waals surface area contributed by atoms with E-state index in [4.69, 9.17) is 9.88 Å². The van der Waals surface area contributed by atoms with E-state index in [1.165, 1.54) is 12.1 Å². The van der Waals surface area contributed by atoms with Crippen molar-refractivity contribution in [1.82, 2.24) is 10.2 Å². The predicted octanol–water partition coefficient (Wildman–Crippen LogP) is -0.287. The molecule has 1 aliphatic heterocycles. The maximum atomic E-state index is 12.2. The standard InChI is InChI=1S/C15H23N3O4S/c1-12(15(19)18-8-10-22-11-9-18)17-7-6-13-2-4-14(5-3-13)23(16,20)21/h2-5,12,17H,6-11H2,1H3,(H2,16,20,21). The molecule has 1 saturated heterocycles. The maximum Gasteiger partial charge on any atom is 0.239 e. The van der Waals surface area contributed by atoms with E-state index in [1.54, 1.807) is 12.1 Å². The molecule has 1 unspecified atom stereocenters. The molecule has 1 aromatic carbocycles. The molecule has 0 radical (unpaired) electrons. The molecule has 2 rings (SSSR count). The van der Waals surface area contributed by atoms with Crippen LogP contribution in [0.25, 0.3) is 0 Å². The van der Waals surface area contributed by atoms with Crippen molar-refractivity contribution in [2.45, 2.75) is 24.3 Å². The molecule has 1 aromatic rings. The lowest BCUT2D eigenvalue weighted by atomic mass is 10.1. The van der Waals surface area contributed by atoms with Gasteiger partial charge in [-0.25, -0.2) is 13.6 Å². The van der Waals surface area contributed by atoms with Gasteiger partial charge in [0.2, 0.25) is 15.9 Å². The number of ether oxygens (including phenoxy) is 1. The third-order valence-corrected chi connectivity index (χ3v) is 4.74. The minimum Gasteiger partial charge on any atom is -0.378 e. The van der Waals surface area contributed by atoms with E-state index in [9.17, 15) is 13.2 Å². The highest BCUT2D eigenvalue weighted by molar-refractivity contribution is 7.89. The fraction of sp³-hybridized carbons (Fsp3) is 0.533. The number of hydrogen-bond acceptors (Lipinski definition) is 5. The van der Waals surface area contributed by atoms with E-state index < -0.39 is 10.0 Å². The van der Waals surface area contributed by atoms with E-state index in [2.05, 4.69) is 5.32 Å². The van der Waals surface area contributed by atoms with Gasteiger partial charge in [-0.15, -0.1) is 0 Å². The number of rotatable bonds is 6. The van der Waals surface area contributed by atoms with Gasteiger partial charge in [0.25, 0.3) is 0 Å². The highest BCUT2D eigenvalue weighted by Crippen LogP contribution is 2.09. The van der Waals surface area contributed by atoms with Gasteiger partial charge in [-0.3, -0.25) is 4.79 Å². The molecule has 0 bridgehead atoms. The summed E-state index contributed by atoms with van der Waals surface area (Å²) in [6.45, 7) is 4.94. The first-order valence-electron chi connectivity index (χ1n) is 7.59. The molecule has 3 N–H and O–H groups in total. The molecular formula is C15H23N3O4S. The molecule has 0 aromatic heterocycles. The molecule has 1 fully saturated rings. The molecular weight excluding hydrogens is 318 g/mol. The van der Waals surface area contributed by atoms with Gasteiger partial charge < -0.3 is 15.0 Å². The molecule has 1 heterocycles. The molecule has 128 valence electrons. The van der Waals surface area contributed by atoms with Crippen LogP contribution in [0.2, 0.25) is 0 Å². The van der Waals surface area contributed by atoms with Gasteiger partial charge in [-0.1, -0.05) is 12.1 Å². The Balaban J connectivity index is 1.78. The Morgan fingerprint density at radius 1 is 1.30 bits per heavy atom. The van der Waals surface area contributed by atoms with Crippen LogP contribution in [-0.4, -0.2) is 58.1 Å². The summed E-state index contributed by atoms with van der Waals surface area (Å²) in [5.74, 6) is 0.0814. The first-order chi connectivity index (χ1) is 10.9. The van der Waals surface area contributed by atoms with Crippen LogP contribution in [0.15, 0.2) is 29.2 Å². The average Bonchev–Trinajstić information content (AvgIpc) is 2.54. The highest BCUT2D eigenvalue weighted by atomic mass is 32.2. The lowest BCUT2D eigenvalue weighted by Gasteiger charge is -2.29. The normalized spacial score (nSPS) is 17.0. The quantitative estimate of drug-likeness (QED) is 0.740. The molecule has 1 aliphatic rings. The third-order valence-electron chi connectivity index (χ3n) is 3.81. The van der Waals surface area contributed by atoms with Gasteiger partial charge in [-0.2, -0.15) is 0 Å². The topological polar surface area (TPSA) is 102 Å². The van der Waals surface area contributed by atoms with Crippen LogP contribution in [0.5, 0.6) is 0 Å². The van der Waals surface area contributed by atoms with Crippen molar-refractivity contribution < 1.29 is 17.9 Å². The zero-order valence-corrected chi connectivity index (χ0v) is 14.0. The molecule has 7 nitrogen and oxygen atoms in total. The molecule has 8 heteroatoms. The SMILES string of the molecule is CC(NCCc1ccc(S(N)(=O)=O)cc1)C(=O)N1CCOCC1. The first-order valence-corrected chi connectivity index (χ1v) is 9.14. The second kappa shape index (κ2) is 7.87. The lowest BCUT2D eigenvalue weighted by molar-refractivity contribution is -0.137. The summed E-state index contributed by atoms with van der Waals surface area (Å²) in [7, 11) is -3.65. The lowest BCUT2D eigenvalue weighted by Crippen LogP contribution is -2.49. The second-order valence-corrected chi connectivity index (χ2v) is 7.11. The Labute approximate surface area is 136 Å². The molecule has 0 saturated carbocycles. The Morgan fingerprint density at radius 2 is 1.91 bits per heavy atom. The van der Waals surface area contributed by atoms with Crippen LogP contribution in [0.4, 0.5) is 0 Å². The van der Waals surface area contributed by atoms with E-state index in [1.807, 2.05) is 11.8 Å². The summed E-state index contributed by atoms with van der Waals surface area (Å²) >= 11 is 0. The fourth-order valence-corrected chi connectivity index (χ4v) is 2.94. The van der Waals surface area contributed by atoms with Crippen LogP contribution in [0.3, 0.4) is 0 Å². The van der Waals surface area contributed by atoms with Gasteiger partial charge in [0.15, 0.2) is 0 Å². The van der Waals surface area contributed by atoms with Crippen molar-refractivity contribution in [2.75, 3.05) is 32.8 Å². The molecule has 1 atom stereocenters. The second-order valence-electron chi connectivity index (χ2n) is 5.55. The van der Waals surface area contributed by atoms with Gasteiger partial charge >= 0.3 is 0 Å². The number of hydrogen-bond donors (Lipinski definition) is 2. The number of benzene rings is 1. The number of nitrogens with zero attached hydrogens (tertiary/aromatic N) is 1. The van der Waals surface area contributed by atoms with Crippen molar-refractivity contribution in [2.24, 2.45) is 5.14 Å². The first kappa shape index (κ1) is 17.9. The predicted molar refractivity (Wildman–Crippen MR) is 86.4 cm³/mol. The zero-order valence-electron chi connectivity index (χ0n) is 13.2. The monoisotopic (exact) mass is 341 g/mol. The van der Waals surface area contributed by atoms with Crippen molar-refractivity contribution >= 4 is 15.9 Å². The summed E-state index contributed by atoms with van der Waals surface area (Å²) in [5, 5.41) is 8.26. The molecule has 0 spiro atoms. The van der Waals surface area contributed by atoms with Crippen LogP contribution >= 0.6 is 0 Å². The van der Waals surface area contributed by atoms with Crippen LogP contribution < -0.4 is 10.5 Å². The minimum absolute atomic E-state index is 0.0814. The van der Waals surface area contributed by atoms with Crippen molar-refractivity contribution in [3.63, 3.8) is 0 Å². The number of amides is 1. The fourth-order valence-electron chi connectivity index (χ4n) is 2.42. The van der Waals surface area contributed by atoms with Crippen LogP contribution in [0.1, 0.15) is 12.5 Å². The summed E-state index contributed by atoms with van der Waals surface area (Å²) in [5.41, 5.74) is 0.982. The molecule has 23 heavy (non-hydrogen) atoms. The number of carbonyl (C=O) groups is 1. The largest absolute Gasteiger partial charge is 0.378 e. The van der Waals surface area contributed by atoms with Crippen LogP contribution in [-0.2, 0) is 26.0 Å². The Hall–Kier alpha value is -1.48. The van der Waals surface area contributed by atoms with Crippen molar-refractivity contribution in [3.05, 3.63) is 29.8 Å². The van der Waals surface area contributed by atoms with Crippen molar-refractivity contribution in [3.8, 4) is 0 Å². The Morgan fingerprint density at radius 3 is 2.48 bits per heavy atom. The highest BCUT2D eigenvalue weighted by Gasteiger charge is 2.21. The minimum atomic E-state index is -3.65. The summed E-state index contributed by atoms with van der Waals surface area (Å²) in [6.07, 6.45) is 0.700. The third kappa shape index (κ3) is 5.28.